The first-order valence-corrected chi connectivity index (χ1v) is 8.86. The standard InChI is InChI=1S/C15H14O2.C8H8O2/c1-2-16-14-8-5-9-15-12(14)10-11-6-3-4-7-13(11)17-15;1-10-8(9)7-5-3-2-4-6-7/h3-9H,2,10H2,1H3;2-6H,1H3. The lowest BCUT2D eigenvalue weighted by atomic mass is 9.99. The fourth-order valence-electron chi connectivity index (χ4n) is 2.86. The van der Waals surface area contributed by atoms with E-state index in [0.29, 0.717) is 12.2 Å². The van der Waals surface area contributed by atoms with Gasteiger partial charge in [0, 0.05) is 12.0 Å². The summed E-state index contributed by atoms with van der Waals surface area (Å²) in [5, 5.41) is 0. The van der Waals surface area contributed by atoms with Crippen LogP contribution in [0.4, 0.5) is 0 Å². The Kier molecular flexibility index (Phi) is 6.10. The molecule has 3 aromatic carbocycles. The monoisotopic (exact) mass is 362 g/mol. The van der Waals surface area contributed by atoms with Gasteiger partial charge in [0.15, 0.2) is 0 Å². The van der Waals surface area contributed by atoms with Crippen LogP contribution in [0.1, 0.15) is 28.4 Å². The molecule has 4 heteroatoms. The summed E-state index contributed by atoms with van der Waals surface area (Å²) in [5.41, 5.74) is 2.95. The quantitative estimate of drug-likeness (QED) is 0.467. The zero-order chi connectivity index (χ0) is 19.1. The number of methoxy groups -OCH3 is 1. The van der Waals surface area contributed by atoms with Crippen LogP contribution in [-0.2, 0) is 11.2 Å². The van der Waals surface area contributed by atoms with Gasteiger partial charge in [-0.25, -0.2) is 4.79 Å². The normalized spacial score (nSPS) is 11.0. The first-order chi connectivity index (χ1) is 13.2. The van der Waals surface area contributed by atoms with Crippen molar-refractivity contribution in [1.29, 1.82) is 0 Å². The predicted molar refractivity (Wildman–Crippen MR) is 105 cm³/mol. The summed E-state index contributed by atoms with van der Waals surface area (Å²) in [6.07, 6.45) is 0.877. The molecule has 3 aromatic rings. The minimum atomic E-state index is -0.291. The van der Waals surface area contributed by atoms with Gasteiger partial charge in [0.1, 0.15) is 17.2 Å². The van der Waals surface area contributed by atoms with E-state index in [-0.39, 0.29) is 5.97 Å². The Hall–Kier alpha value is -3.27. The van der Waals surface area contributed by atoms with E-state index in [1.165, 1.54) is 12.7 Å². The first kappa shape index (κ1) is 18.5. The van der Waals surface area contributed by atoms with Crippen molar-refractivity contribution in [2.24, 2.45) is 0 Å². The zero-order valence-corrected chi connectivity index (χ0v) is 15.5. The fraction of sp³-hybridized carbons (Fsp3) is 0.174. The molecule has 0 fully saturated rings. The number of esters is 1. The van der Waals surface area contributed by atoms with Gasteiger partial charge in [-0.05, 0) is 42.8 Å². The Morgan fingerprint density at radius 3 is 2.37 bits per heavy atom. The molecular formula is C23H22O4. The Labute approximate surface area is 159 Å². The molecule has 0 spiro atoms. The molecule has 1 aliphatic heterocycles. The van der Waals surface area contributed by atoms with Crippen molar-refractivity contribution >= 4 is 5.97 Å². The summed E-state index contributed by atoms with van der Waals surface area (Å²) in [4.78, 5) is 10.8. The van der Waals surface area contributed by atoms with Gasteiger partial charge in [-0.2, -0.15) is 0 Å². The predicted octanol–water partition coefficient (Wildman–Crippen LogP) is 5.26. The summed E-state index contributed by atoms with van der Waals surface area (Å²) in [7, 11) is 1.37. The maximum atomic E-state index is 10.8. The molecule has 0 saturated heterocycles. The Morgan fingerprint density at radius 2 is 1.63 bits per heavy atom. The number of benzene rings is 3. The molecule has 0 amide bonds. The van der Waals surface area contributed by atoms with Crippen LogP contribution >= 0.6 is 0 Å². The van der Waals surface area contributed by atoms with Gasteiger partial charge < -0.3 is 14.2 Å². The largest absolute Gasteiger partial charge is 0.493 e. The molecule has 4 rings (SSSR count). The Bertz CT molecular complexity index is 903. The third kappa shape index (κ3) is 4.47. The molecule has 0 radical (unpaired) electrons. The van der Waals surface area contributed by atoms with Crippen LogP contribution in [0.2, 0.25) is 0 Å². The second-order valence-corrected chi connectivity index (χ2v) is 5.91. The SMILES string of the molecule is CCOc1cccc2c1Cc1ccccc1O2.COC(=O)c1ccccc1. The highest BCUT2D eigenvalue weighted by Gasteiger charge is 2.19. The summed E-state index contributed by atoms with van der Waals surface area (Å²) in [6, 6.07) is 23.0. The number of hydrogen-bond acceptors (Lipinski definition) is 4. The average Bonchev–Trinajstić information content (AvgIpc) is 2.73. The lowest BCUT2D eigenvalue weighted by molar-refractivity contribution is 0.0600. The molecule has 138 valence electrons. The number of hydrogen-bond donors (Lipinski definition) is 0. The van der Waals surface area contributed by atoms with Gasteiger partial charge in [0.2, 0.25) is 0 Å². The van der Waals surface area contributed by atoms with E-state index >= 15 is 0 Å². The van der Waals surface area contributed by atoms with E-state index in [1.807, 2.05) is 49.4 Å². The molecular weight excluding hydrogens is 340 g/mol. The first-order valence-electron chi connectivity index (χ1n) is 8.86. The maximum absolute atomic E-state index is 10.8. The topological polar surface area (TPSA) is 44.8 Å². The Balaban J connectivity index is 0.000000180. The summed E-state index contributed by atoms with van der Waals surface area (Å²) in [6.45, 7) is 2.68. The highest BCUT2D eigenvalue weighted by molar-refractivity contribution is 5.89. The second-order valence-electron chi connectivity index (χ2n) is 5.91. The van der Waals surface area contributed by atoms with E-state index in [9.17, 15) is 4.79 Å². The van der Waals surface area contributed by atoms with Crippen LogP contribution in [0.25, 0.3) is 0 Å². The van der Waals surface area contributed by atoms with Crippen molar-refractivity contribution in [3.05, 3.63) is 89.5 Å². The van der Waals surface area contributed by atoms with Crippen LogP contribution in [0.3, 0.4) is 0 Å². The van der Waals surface area contributed by atoms with Crippen molar-refractivity contribution in [3.8, 4) is 17.2 Å². The molecule has 0 bridgehead atoms. The third-order valence-electron chi connectivity index (χ3n) is 4.14. The molecule has 0 atom stereocenters. The van der Waals surface area contributed by atoms with Crippen molar-refractivity contribution in [2.75, 3.05) is 13.7 Å². The molecule has 1 heterocycles. The molecule has 4 nitrogen and oxygen atoms in total. The average molecular weight is 362 g/mol. The van der Waals surface area contributed by atoms with Crippen molar-refractivity contribution in [3.63, 3.8) is 0 Å². The minimum Gasteiger partial charge on any atom is -0.493 e. The number of ether oxygens (including phenoxy) is 3. The van der Waals surface area contributed by atoms with Gasteiger partial charge >= 0.3 is 5.97 Å². The van der Waals surface area contributed by atoms with Gasteiger partial charge in [-0.15, -0.1) is 0 Å². The molecule has 0 N–H and O–H groups in total. The van der Waals surface area contributed by atoms with Crippen LogP contribution < -0.4 is 9.47 Å². The number of carbonyl (C=O) groups excluding carboxylic acids is 1. The van der Waals surface area contributed by atoms with Gasteiger partial charge in [-0.3, -0.25) is 0 Å². The smallest absolute Gasteiger partial charge is 0.337 e. The van der Waals surface area contributed by atoms with Crippen LogP contribution in [0.5, 0.6) is 17.2 Å². The minimum absolute atomic E-state index is 0.291. The van der Waals surface area contributed by atoms with E-state index in [2.05, 4.69) is 10.8 Å². The second kappa shape index (κ2) is 8.90. The fourth-order valence-corrected chi connectivity index (χ4v) is 2.86. The van der Waals surface area contributed by atoms with Crippen molar-refractivity contribution in [1.82, 2.24) is 0 Å². The maximum Gasteiger partial charge on any atom is 0.337 e. The van der Waals surface area contributed by atoms with E-state index in [1.54, 1.807) is 24.3 Å². The lowest BCUT2D eigenvalue weighted by Gasteiger charge is -2.22. The van der Waals surface area contributed by atoms with Crippen LogP contribution in [-0.4, -0.2) is 19.7 Å². The van der Waals surface area contributed by atoms with Gasteiger partial charge in [-0.1, -0.05) is 42.5 Å². The molecule has 0 saturated carbocycles. The lowest BCUT2D eigenvalue weighted by Crippen LogP contribution is -2.05. The number of para-hydroxylation sites is 1. The van der Waals surface area contributed by atoms with Gasteiger partial charge in [0.05, 0.1) is 19.3 Å². The molecule has 0 unspecified atom stereocenters. The molecule has 1 aliphatic rings. The van der Waals surface area contributed by atoms with Gasteiger partial charge in [0.25, 0.3) is 0 Å². The zero-order valence-electron chi connectivity index (χ0n) is 15.5. The number of carbonyl (C=O) groups is 1. The van der Waals surface area contributed by atoms with Crippen LogP contribution in [0.15, 0.2) is 72.8 Å². The number of fused-ring (bicyclic) bond motifs is 2. The Morgan fingerprint density at radius 1 is 0.926 bits per heavy atom. The molecule has 0 aromatic heterocycles. The van der Waals surface area contributed by atoms with E-state index in [0.717, 1.165) is 29.2 Å². The summed E-state index contributed by atoms with van der Waals surface area (Å²) >= 11 is 0. The summed E-state index contributed by atoms with van der Waals surface area (Å²) in [5.74, 6) is 2.50. The highest BCUT2D eigenvalue weighted by atomic mass is 16.5. The summed E-state index contributed by atoms with van der Waals surface area (Å²) < 4.78 is 16.0. The highest BCUT2D eigenvalue weighted by Crippen LogP contribution is 2.40. The van der Waals surface area contributed by atoms with Crippen molar-refractivity contribution in [2.45, 2.75) is 13.3 Å². The number of rotatable bonds is 3. The third-order valence-corrected chi connectivity index (χ3v) is 4.14. The van der Waals surface area contributed by atoms with E-state index in [4.69, 9.17) is 9.47 Å². The van der Waals surface area contributed by atoms with Crippen molar-refractivity contribution < 1.29 is 19.0 Å². The molecule has 27 heavy (non-hydrogen) atoms. The molecule has 0 aliphatic carbocycles. The van der Waals surface area contributed by atoms with Crippen LogP contribution in [0, 0.1) is 0 Å². The van der Waals surface area contributed by atoms with E-state index < -0.39 is 0 Å².